The highest BCUT2D eigenvalue weighted by molar-refractivity contribution is 6.30. The molecule has 1 aromatic carbocycles. The van der Waals surface area contributed by atoms with Crippen LogP contribution in [0.15, 0.2) is 42.6 Å². The van der Waals surface area contributed by atoms with Gasteiger partial charge in [-0.25, -0.2) is 9.37 Å². The van der Waals surface area contributed by atoms with E-state index < -0.39 is 11.8 Å². The first-order valence-corrected chi connectivity index (χ1v) is 14.9. The molecule has 4 fully saturated rings. The second-order valence-corrected chi connectivity index (χ2v) is 12.2. The molecule has 4 aliphatic heterocycles. The lowest BCUT2D eigenvalue weighted by atomic mass is 9.92. The standard InChI is InChI=1S/C30H35ClFN7O5/c1-29-16-42-30(43-17-29,44-18-29)19-41-28-25(15-24(36-37-28)22-13-20(31)3-4-23(22)32)34-21-5-7-33-26(14-21)35-27(40)6-8-39-11-9-38(2)10-12-39/h3-5,7,13-15H,6,8-12,16-19H2,1-2H3,(H2,33,34,35,36,40). The summed E-state index contributed by atoms with van der Waals surface area (Å²) < 4.78 is 38.2. The molecule has 2 bridgehead atoms. The Hall–Kier alpha value is -3.46. The number of ether oxygens (including phenoxy) is 4. The Kier molecular flexibility index (Phi) is 8.94. The van der Waals surface area contributed by atoms with Crippen LogP contribution < -0.4 is 15.4 Å². The van der Waals surface area contributed by atoms with Gasteiger partial charge in [0.1, 0.15) is 17.3 Å². The molecule has 4 aliphatic rings. The third kappa shape index (κ3) is 7.25. The van der Waals surface area contributed by atoms with Gasteiger partial charge in [-0.1, -0.05) is 18.5 Å². The summed E-state index contributed by atoms with van der Waals surface area (Å²) in [6.07, 6.45) is 1.93. The Morgan fingerprint density at radius 2 is 1.82 bits per heavy atom. The van der Waals surface area contributed by atoms with Gasteiger partial charge in [-0.15, -0.1) is 10.2 Å². The molecular weight excluding hydrogens is 593 g/mol. The molecule has 0 aliphatic carbocycles. The van der Waals surface area contributed by atoms with Crippen molar-refractivity contribution in [2.75, 3.05) is 76.8 Å². The average Bonchev–Trinajstić information content (AvgIpc) is 3.02. The van der Waals surface area contributed by atoms with E-state index in [-0.39, 0.29) is 35.1 Å². The van der Waals surface area contributed by atoms with Gasteiger partial charge >= 0.3 is 5.97 Å². The van der Waals surface area contributed by atoms with Crippen molar-refractivity contribution in [2.24, 2.45) is 5.41 Å². The molecule has 0 unspecified atom stereocenters. The number of hydrogen-bond donors (Lipinski definition) is 2. The number of hydrogen-bond acceptors (Lipinski definition) is 11. The van der Waals surface area contributed by atoms with E-state index in [2.05, 4.69) is 42.7 Å². The first-order chi connectivity index (χ1) is 21.2. The van der Waals surface area contributed by atoms with Crippen LogP contribution in [0.2, 0.25) is 5.02 Å². The average molecular weight is 628 g/mol. The van der Waals surface area contributed by atoms with Crippen molar-refractivity contribution in [1.29, 1.82) is 0 Å². The Morgan fingerprint density at radius 3 is 2.57 bits per heavy atom. The smallest absolute Gasteiger partial charge is 0.319 e. The minimum absolute atomic E-state index is 0.106. The van der Waals surface area contributed by atoms with Gasteiger partial charge in [0, 0.05) is 73.1 Å². The summed E-state index contributed by atoms with van der Waals surface area (Å²) in [4.78, 5) is 21.5. The zero-order chi connectivity index (χ0) is 30.7. The minimum Gasteiger partial charge on any atom is -0.466 e. The van der Waals surface area contributed by atoms with Gasteiger partial charge in [0.25, 0.3) is 5.88 Å². The zero-order valence-corrected chi connectivity index (χ0v) is 25.4. The van der Waals surface area contributed by atoms with Gasteiger partial charge in [0.15, 0.2) is 6.61 Å². The minimum atomic E-state index is -1.35. The molecule has 2 aromatic heterocycles. The van der Waals surface area contributed by atoms with Gasteiger partial charge in [-0.05, 0) is 37.4 Å². The highest BCUT2D eigenvalue weighted by atomic mass is 35.5. The summed E-state index contributed by atoms with van der Waals surface area (Å²) in [6.45, 7) is 7.89. The number of carbonyl (C=O) groups excluding carboxylic acids is 1. The van der Waals surface area contributed by atoms with Gasteiger partial charge in [-0.2, -0.15) is 0 Å². The predicted octanol–water partition coefficient (Wildman–Crippen LogP) is 3.77. The molecule has 2 N–H and O–H groups in total. The molecule has 12 nitrogen and oxygen atoms in total. The molecule has 14 heteroatoms. The number of likely N-dealkylation sites (N-methyl/N-ethyl adjacent to an activating group) is 1. The van der Waals surface area contributed by atoms with Crippen LogP contribution in [0.3, 0.4) is 0 Å². The molecule has 44 heavy (non-hydrogen) atoms. The van der Waals surface area contributed by atoms with Gasteiger partial charge in [-0.3, -0.25) is 4.79 Å². The van der Waals surface area contributed by atoms with Gasteiger partial charge < -0.3 is 39.4 Å². The van der Waals surface area contributed by atoms with Crippen LogP contribution in [-0.2, 0) is 19.0 Å². The van der Waals surface area contributed by atoms with Crippen LogP contribution in [0.1, 0.15) is 13.3 Å². The van der Waals surface area contributed by atoms with Crippen molar-refractivity contribution in [2.45, 2.75) is 19.3 Å². The summed E-state index contributed by atoms with van der Waals surface area (Å²) in [5, 5.41) is 14.9. The highest BCUT2D eigenvalue weighted by Gasteiger charge is 2.51. The third-order valence-electron chi connectivity index (χ3n) is 7.83. The maximum Gasteiger partial charge on any atom is 0.319 e. The van der Waals surface area contributed by atoms with Crippen LogP contribution >= 0.6 is 11.6 Å². The first kappa shape index (κ1) is 30.6. The summed E-state index contributed by atoms with van der Waals surface area (Å²) in [6, 6.07) is 9.22. The first-order valence-electron chi connectivity index (χ1n) is 14.5. The van der Waals surface area contributed by atoms with E-state index in [0.29, 0.717) is 55.0 Å². The molecule has 3 aromatic rings. The second kappa shape index (κ2) is 12.9. The van der Waals surface area contributed by atoms with Crippen LogP contribution in [0.5, 0.6) is 5.88 Å². The monoisotopic (exact) mass is 627 g/mol. The lowest BCUT2D eigenvalue weighted by Crippen LogP contribution is -2.61. The van der Waals surface area contributed by atoms with Crippen molar-refractivity contribution in [3.63, 3.8) is 0 Å². The summed E-state index contributed by atoms with van der Waals surface area (Å²) >= 11 is 6.14. The number of amides is 1. The Labute approximate surface area is 259 Å². The van der Waals surface area contributed by atoms with Crippen molar-refractivity contribution < 1.29 is 28.1 Å². The maximum atomic E-state index is 14.7. The molecule has 1 amide bonds. The Balaban J connectivity index is 1.18. The number of pyridine rings is 1. The maximum absolute atomic E-state index is 14.7. The van der Waals surface area contributed by atoms with Crippen molar-refractivity contribution >= 4 is 34.7 Å². The highest BCUT2D eigenvalue weighted by Crippen LogP contribution is 2.39. The quantitative estimate of drug-likeness (QED) is 0.341. The Bertz CT molecular complexity index is 1480. The van der Waals surface area contributed by atoms with E-state index in [0.717, 1.165) is 26.2 Å². The topological polar surface area (TPSA) is 123 Å². The van der Waals surface area contributed by atoms with E-state index in [1.807, 2.05) is 6.92 Å². The van der Waals surface area contributed by atoms with E-state index in [9.17, 15) is 9.18 Å². The van der Waals surface area contributed by atoms with E-state index >= 15 is 0 Å². The summed E-state index contributed by atoms with van der Waals surface area (Å²) in [5.74, 6) is -1.50. The number of carbonyl (C=O) groups is 1. The number of benzene rings is 1. The summed E-state index contributed by atoms with van der Waals surface area (Å²) in [7, 11) is 2.10. The lowest BCUT2D eigenvalue weighted by molar-refractivity contribution is -0.470. The number of nitrogens with zero attached hydrogens (tertiary/aromatic N) is 5. The zero-order valence-electron chi connectivity index (χ0n) is 24.6. The number of anilines is 3. The molecule has 0 spiro atoms. The van der Waals surface area contributed by atoms with Crippen LogP contribution in [-0.4, -0.2) is 103 Å². The molecule has 4 saturated heterocycles. The normalized spacial score (nSPS) is 23.8. The van der Waals surface area contributed by atoms with E-state index in [4.69, 9.17) is 30.5 Å². The third-order valence-corrected chi connectivity index (χ3v) is 8.06. The number of nitrogens with one attached hydrogen (secondary N) is 2. The fourth-order valence-corrected chi connectivity index (χ4v) is 5.23. The van der Waals surface area contributed by atoms with E-state index in [1.165, 1.54) is 18.2 Å². The molecule has 7 rings (SSSR count). The predicted molar refractivity (Wildman–Crippen MR) is 161 cm³/mol. The fraction of sp³-hybridized carbons (Fsp3) is 0.467. The van der Waals surface area contributed by atoms with Crippen LogP contribution in [0.25, 0.3) is 11.3 Å². The number of rotatable bonds is 10. The molecule has 0 radical (unpaired) electrons. The fourth-order valence-electron chi connectivity index (χ4n) is 5.05. The van der Waals surface area contributed by atoms with Crippen molar-refractivity contribution in [3.05, 3.63) is 53.4 Å². The number of fused-ring (bicyclic) bond motifs is 3. The number of halogens is 2. The van der Waals surface area contributed by atoms with Crippen molar-refractivity contribution in [1.82, 2.24) is 25.0 Å². The van der Waals surface area contributed by atoms with E-state index in [1.54, 1.807) is 24.4 Å². The molecule has 234 valence electrons. The SMILES string of the molecule is CN1CCN(CCC(=O)Nc2cc(Nc3cc(-c4cc(Cl)ccc4F)nnc3OCC34OCC(C)(CO3)CO4)ccn2)CC1. The van der Waals surface area contributed by atoms with Crippen molar-refractivity contribution in [3.8, 4) is 17.1 Å². The largest absolute Gasteiger partial charge is 0.466 e. The number of piperazine rings is 1. The van der Waals surface area contributed by atoms with Crippen LogP contribution in [0, 0.1) is 11.2 Å². The Morgan fingerprint density at radius 1 is 1.07 bits per heavy atom. The lowest BCUT2D eigenvalue weighted by Gasteiger charge is -2.49. The second-order valence-electron chi connectivity index (χ2n) is 11.7. The molecular formula is C30H35ClFN7O5. The molecule has 6 heterocycles. The van der Waals surface area contributed by atoms with Gasteiger partial charge in [0.2, 0.25) is 5.91 Å². The molecule has 0 saturated carbocycles. The number of aromatic nitrogens is 3. The summed E-state index contributed by atoms with van der Waals surface area (Å²) in [5.41, 5.74) is 1.17. The molecule has 0 atom stereocenters. The van der Waals surface area contributed by atoms with Gasteiger partial charge in [0.05, 0.1) is 25.5 Å². The van der Waals surface area contributed by atoms with Crippen LogP contribution in [0.4, 0.5) is 21.6 Å².